The van der Waals surface area contributed by atoms with Gasteiger partial charge >= 0.3 is 0 Å². The van der Waals surface area contributed by atoms with Crippen molar-refractivity contribution < 1.29 is 4.79 Å². The van der Waals surface area contributed by atoms with Gasteiger partial charge in [0.05, 0.1) is 0 Å². The lowest BCUT2D eigenvalue weighted by atomic mass is 9.70. The number of carbonyl (C=O) groups is 1. The number of allylic oxidation sites excluding steroid dienone is 2. The first kappa shape index (κ1) is 6.14. The van der Waals surface area contributed by atoms with Crippen molar-refractivity contribution in [2.24, 2.45) is 17.8 Å². The third-order valence-electron chi connectivity index (χ3n) is 2.80. The molecule has 2 bridgehead atoms. The van der Waals surface area contributed by atoms with Gasteiger partial charge in [0, 0.05) is 5.92 Å². The van der Waals surface area contributed by atoms with E-state index in [1.54, 1.807) is 0 Å². The highest BCUT2D eigenvalue weighted by Crippen LogP contribution is 2.38. The van der Waals surface area contributed by atoms with E-state index in [9.17, 15) is 4.79 Å². The van der Waals surface area contributed by atoms with Crippen molar-refractivity contribution >= 4 is 6.29 Å². The Labute approximate surface area is 61.1 Å². The monoisotopic (exact) mass is 136 g/mol. The van der Waals surface area contributed by atoms with E-state index in [1.165, 1.54) is 12.8 Å². The summed E-state index contributed by atoms with van der Waals surface area (Å²) < 4.78 is 0. The summed E-state index contributed by atoms with van der Waals surface area (Å²) >= 11 is 0. The predicted octanol–water partition coefficient (Wildman–Crippen LogP) is 1.79. The Hall–Kier alpha value is -0.590. The quantitative estimate of drug-likeness (QED) is 0.396. The van der Waals surface area contributed by atoms with E-state index in [4.69, 9.17) is 0 Å². The van der Waals surface area contributed by atoms with Gasteiger partial charge in [-0.25, -0.2) is 0 Å². The van der Waals surface area contributed by atoms with Gasteiger partial charge in [0.25, 0.3) is 0 Å². The molecule has 1 heteroatoms. The summed E-state index contributed by atoms with van der Waals surface area (Å²) in [7, 11) is 0. The fraction of sp³-hybridized carbons (Fsp3) is 0.667. The molecule has 3 rings (SSSR count). The van der Waals surface area contributed by atoms with Gasteiger partial charge in [0.15, 0.2) is 0 Å². The molecule has 3 aliphatic carbocycles. The van der Waals surface area contributed by atoms with Crippen molar-refractivity contribution in [3.63, 3.8) is 0 Å². The molecule has 54 valence electrons. The molecule has 0 aromatic heterocycles. The van der Waals surface area contributed by atoms with E-state index >= 15 is 0 Å². The van der Waals surface area contributed by atoms with Crippen LogP contribution in [-0.2, 0) is 4.79 Å². The summed E-state index contributed by atoms with van der Waals surface area (Å²) in [4.78, 5) is 10.5. The lowest BCUT2D eigenvalue weighted by Crippen LogP contribution is -2.27. The highest BCUT2D eigenvalue weighted by atomic mass is 16.1. The molecule has 1 saturated carbocycles. The van der Waals surface area contributed by atoms with Crippen LogP contribution in [0.4, 0.5) is 0 Å². The largest absolute Gasteiger partial charge is 0.303 e. The Kier molecular flexibility index (Phi) is 1.37. The Bertz CT molecular complexity index is 172. The minimum absolute atomic E-state index is 0.351. The average molecular weight is 136 g/mol. The van der Waals surface area contributed by atoms with Crippen molar-refractivity contribution in [2.75, 3.05) is 0 Å². The zero-order valence-corrected chi connectivity index (χ0v) is 5.99. The summed E-state index contributed by atoms with van der Waals surface area (Å²) in [5.74, 6) is 1.66. The molecule has 10 heavy (non-hydrogen) atoms. The second-order valence-corrected chi connectivity index (χ2v) is 3.42. The molecule has 0 aromatic rings. The van der Waals surface area contributed by atoms with E-state index in [1.807, 2.05) is 0 Å². The molecule has 0 aliphatic heterocycles. The van der Waals surface area contributed by atoms with Crippen LogP contribution >= 0.6 is 0 Å². The maximum absolute atomic E-state index is 10.5. The molecule has 3 aliphatic rings. The van der Waals surface area contributed by atoms with Crippen molar-refractivity contribution in [2.45, 2.75) is 19.3 Å². The topological polar surface area (TPSA) is 17.1 Å². The van der Waals surface area contributed by atoms with E-state index in [-0.39, 0.29) is 0 Å². The van der Waals surface area contributed by atoms with Gasteiger partial charge in [-0.3, -0.25) is 0 Å². The van der Waals surface area contributed by atoms with Gasteiger partial charge in [-0.2, -0.15) is 0 Å². The molecule has 1 nitrogen and oxygen atoms in total. The van der Waals surface area contributed by atoms with Gasteiger partial charge in [0.2, 0.25) is 0 Å². The minimum Gasteiger partial charge on any atom is -0.303 e. The third-order valence-corrected chi connectivity index (χ3v) is 2.80. The Balaban J connectivity index is 2.18. The predicted molar refractivity (Wildman–Crippen MR) is 39.5 cm³/mol. The van der Waals surface area contributed by atoms with E-state index < -0.39 is 0 Å². The van der Waals surface area contributed by atoms with Gasteiger partial charge in [-0.15, -0.1) is 0 Å². The van der Waals surface area contributed by atoms with Gasteiger partial charge in [-0.05, 0) is 31.1 Å². The maximum atomic E-state index is 10.5. The molecule has 2 unspecified atom stereocenters. The molecule has 0 amide bonds. The molecule has 3 atom stereocenters. The van der Waals surface area contributed by atoms with Crippen LogP contribution in [-0.4, -0.2) is 6.29 Å². The number of aldehydes is 1. The SMILES string of the molecule is O=C[C@@H]1CC2C=CC1CC2. The highest BCUT2D eigenvalue weighted by molar-refractivity contribution is 5.55. The van der Waals surface area contributed by atoms with Gasteiger partial charge in [-0.1, -0.05) is 12.2 Å². The van der Waals surface area contributed by atoms with Crippen LogP contribution < -0.4 is 0 Å². The van der Waals surface area contributed by atoms with E-state index in [2.05, 4.69) is 12.2 Å². The van der Waals surface area contributed by atoms with Crippen LogP contribution in [0.2, 0.25) is 0 Å². The standard InChI is InChI=1S/C9H12O/c10-6-9-5-7-1-3-8(9)4-2-7/h1,3,6-9H,2,4-5H2/t7?,8?,9-/m0/s1. The number of fused-ring (bicyclic) bond motifs is 2. The molecular formula is C9H12O. The van der Waals surface area contributed by atoms with Crippen LogP contribution in [0, 0.1) is 17.8 Å². The zero-order chi connectivity index (χ0) is 6.97. The maximum Gasteiger partial charge on any atom is 0.123 e. The van der Waals surface area contributed by atoms with Crippen molar-refractivity contribution in [1.29, 1.82) is 0 Å². The first-order valence-corrected chi connectivity index (χ1v) is 4.04. The van der Waals surface area contributed by atoms with Gasteiger partial charge in [0.1, 0.15) is 6.29 Å². The summed E-state index contributed by atoms with van der Waals surface area (Å²) in [5.41, 5.74) is 0. The normalized spacial score (nSPS) is 43.8. The van der Waals surface area contributed by atoms with Crippen LogP contribution in [0.25, 0.3) is 0 Å². The Morgan fingerprint density at radius 2 is 2.20 bits per heavy atom. The second-order valence-electron chi connectivity index (χ2n) is 3.42. The smallest absolute Gasteiger partial charge is 0.123 e. The molecular weight excluding hydrogens is 124 g/mol. The first-order valence-electron chi connectivity index (χ1n) is 4.04. The molecule has 0 radical (unpaired) electrons. The van der Waals surface area contributed by atoms with Gasteiger partial charge < -0.3 is 4.79 Å². The molecule has 0 spiro atoms. The number of carbonyl (C=O) groups excluding carboxylic acids is 1. The van der Waals surface area contributed by atoms with E-state index in [0.29, 0.717) is 11.8 Å². The zero-order valence-electron chi connectivity index (χ0n) is 5.99. The third kappa shape index (κ3) is 0.808. The van der Waals surface area contributed by atoms with Crippen LogP contribution in [0.5, 0.6) is 0 Å². The molecule has 0 saturated heterocycles. The minimum atomic E-state index is 0.351. The average Bonchev–Trinajstić information content (AvgIpc) is 2.06. The van der Waals surface area contributed by atoms with Crippen LogP contribution in [0.3, 0.4) is 0 Å². The fourth-order valence-electron chi connectivity index (χ4n) is 2.13. The summed E-state index contributed by atoms with van der Waals surface area (Å²) in [5, 5.41) is 0. The highest BCUT2D eigenvalue weighted by Gasteiger charge is 2.30. The Morgan fingerprint density at radius 3 is 2.50 bits per heavy atom. The van der Waals surface area contributed by atoms with Crippen molar-refractivity contribution in [3.8, 4) is 0 Å². The second kappa shape index (κ2) is 2.22. The number of rotatable bonds is 1. The first-order chi connectivity index (χ1) is 4.90. The molecule has 0 aromatic carbocycles. The number of hydrogen-bond acceptors (Lipinski definition) is 1. The summed E-state index contributed by atoms with van der Waals surface area (Å²) in [6.45, 7) is 0. The van der Waals surface area contributed by atoms with E-state index in [0.717, 1.165) is 18.6 Å². The van der Waals surface area contributed by atoms with Crippen LogP contribution in [0.15, 0.2) is 12.2 Å². The number of hydrogen-bond donors (Lipinski definition) is 0. The molecule has 0 N–H and O–H groups in total. The summed E-state index contributed by atoms with van der Waals surface area (Å²) in [6.07, 6.45) is 9.33. The Morgan fingerprint density at radius 1 is 1.30 bits per heavy atom. The van der Waals surface area contributed by atoms with Crippen molar-refractivity contribution in [3.05, 3.63) is 12.2 Å². The van der Waals surface area contributed by atoms with Crippen LogP contribution in [0.1, 0.15) is 19.3 Å². The lowest BCUT2D eigenvalue weighted by molar-refractivity contribution is -0.113. The van der Waals surface area contributed by atoms with Crippen molar-refractivity contribution in [1.82, 2.24) is 0 Å². The lowest BCUT2D eigenvalue weighted by Gasteiger charge is -2.34. The fourth-order valence-corrected chi connectivity index (χ4v) is 2.13. The molecule has 0 heterocycles. The molecule has 1 fully saturated rings. The summed E-state index contributed by atoms with van der Waals surface area (Å²) in [6, 6.07) is 0.